The van der Waals surface area contributed by atoms with E-state index in [1.54, 1.807) is 7.11 Å². The molecule has 0 spiro atoms. The summed E-state index contributed by atoms with van der Waals surface area (Å²) in [6.07, 6.45) is 9.80. The molecule has 7 aliphatic rings. The van der Waals surface area contributed by atoms with Gasteiger partial charge < -0.3 is 38.5 Å². The van der Waals surface area contributed by atoms with Crippen molar-refractivity contribution in [2.24, 2.45) is 5.41 Å². The summed E-state index contributed by atoms with van der Waals surface area (Å²) in [5.74, 6) is -1.03. The third kappa shape index (κ3) is 10.4. The summed E-state index contributed by atoms with van der Waals surface area (Å²) in [5, 5.41) is 8.59. The van der Waals surface area contributed by atoms with Crippen molar-refractivity contribution in [1.29, 1.82) is 0 Å². The molecule has 1 aliphatic carbocycles. The number of hydrazine groups is 1. The van der Waals surface area contributed by atoms with Crippen LogP contribution in [0.4, 0.5) is 5.69 Å². The van der Waals surface area contributed by atoms with Crippen molar-refractivity contribution in [1.82, 2.24) is 40.1 Å². The molecule has 9 heterocycles. The number of thiazole rings is 1. The van der Waals surface area contributed by atoms with E-state index < -0.39 is 35.6 Å². The van der Waals surface area contributed by atoms with Crippen molar-refractivity contribution in [3.8, 4) is 22.5 Å². The van der Waals surface area contributed by atoms with Crippen LogP contribution in [0.2, 0.25) is 0 Å². The molecule has 5 atom stereocenters. The summed E-state index contributed by atoms with van der Waals surface area (Å²) < 4.78 is 32.8. The number of esters is 1. The fourth-order valence-corrected chi connectivity index (χ4v) is 12.7. The fraction of sp³-hybridized carbons (Fsp3) is 0.648. The second-order valence-electron chi connectivity index (χ2n) is 21.8. The first kappa shape index (κ1) is 49.7. The van der Waals surface area contributed by atoms with E-state index in [1.165, 1.54) is 29.2 Å². The molecule has 1 unspecified atom stereocenters. The Hall–Kier alpha value is -4.53. The Balaban J connectivity index is 1.06. The predicted molar refractivity (Wildman–Crippen MR) is 274 cm³/mol. The Morgan fingerprint density at radius 2 is 1.75 bits per heavy atom. The zero-order chi connectivity index (χ0) is 49.5. The second-order valence-corrected chi connectivity index (χ2v) is 22.7. The average molecular weight is 1010 g/mol. The van der Waals surface area contributed by atoms with Gasteiger partial charge in [-0.3, -0.25) is 34.2 Å². The monoisotopic (exact) mass is 1010 g/mol. The molecule has 3 aromatic heterocycles. The first-order chi connectivity index (χ1) is 35.0. The molecule has 2 N–H and O–H groups in total. The Morgan fingerprint density at radius 3 is 2.49 bits per heavy atom. The molecule has 6 bridgehead atoms. The number of piperazine rings is 1. The molecule has 72 heavy (non-hydrogen) atoms. The van der Waals surface area contributed by atoms with E-state index in [1.807, 2.05) is 6.20 Å². The summed E-state index contributed by atoms with van der Waals surface area (Å²) in [6, 6.07) is 7.44. The summed E-state index contributed by atoms with van der Waals surface area (Å²) in [4.78, 5) is 61.1. The highest BCUT2D eigenvalue weighted by Gasteiger charge is 2.44. The van der Waals surface area contributed by atoms with E-state index in [2.05, 4.69) is 80.4 Å². The van der Waals surface area contributed by atoms with Crippen molar-refractivity contribution >= 4 is 45.7 Å². The minimum atomic E-state index is -0.983. The van der Waals surface area contributed by atoms with Crippen LogP contribution in [0.1, 0.15) is 107 Å². The number of benzene rings is 1. The van der Waals surface area contributed by atoms with Crippen molar-refractivity contribution < 1.29 is 38.1 Å². The maximum absolute atomic E-state index is 15.0. The molecule has 11 rings (SSSR count). The third-order valence-electron chi connectivity index (χ3n) is 16.1. The number of aromatic nitrogens is 3. The number of methoxy groups -OCH3 is 1. The summed E-state index contributed by atoms with van der Waals surface area (Å²) >= 11 is 1.52. The Morgan fingerprint density at radius 1 is 0.958 bits per heavy atom. The van der Waals surface area contributed by atoms with Gasteiger partial charge in [-0.05, 0) is 102 Å². The highest BCUT2D eigenvalue weighted by molar-refractivity contribution is 7.10. The predicted octanol–water partition coefficient (Wildman–Crippen LogP) is 6.05. The van der Waals surface area contributed by atoms with Gasteiger partial charge in [-0.1, -0.05) is 19.9 Å². The Kier molecular flexibility index (Phi) is 14.7. The topological polar surface area (TPSA) is 165 Å². The van der Waals surface area contributed by atoms with Crippen molar-refractivity contribution in [2.75, 3.05) is 90.9 Å². The molecular weight excluding hydrogens is 935 g/mol. The van der Waals surface area contributed by atoms with Crippen molar-refractivity contribution in [2.45, 2.75) is 134 Å². The largest absolute Gasteiger partial charge is 0.464 e. The van der Waals surface area contributed by atoms with E-state index in [4.69, 9.17) is 33.7 Å². The maximum atomic E-state index is 15.0. The van der Waals surface area contributed by atoms with E-state index in [9.17, 15) is 14.4 Å². The third-order valence-corrected chi connectivity index (χ3v) is 17.0. The van der Waals surface area contributed by atoms with Gasteiger partial charge >= 0.3 is 5.97 Å². The lowest BCUT2D eigenvalue weighted by Crippen LogP contribution is -2.63. The number of ether oxygens (including phenoxy) is 5. The standard InChI is InChI=1S/C54H73N9O8S/c1-34(67-4)46-40(29-37(31-55-46)60-21-19-59(20-22-60)36-10-11-36)48-41-30-54(2,3)33-71-53(66)42-8-7-18-63(58-42)52(65)47(57-50(64)45-15-26-70-45)49(61-16-5-6-17-61)51-56-43(32-72-51)35-9-12-44(39(41)28-35)62(48)23-27-69-38-13-24-68-25-14-38/h9,12,28-29,31-32,34,36,38,42,45,47,49,58H,5-8,10-11,13-27,30,33H2,1-4H3,(H,57,64)/t34-,42-,45?,47-,49-/m0/s1. The molecule has 388 valence electrons. The van der Waals surface area contributed by atoms with Crippen LogP contribution in [0, 0.1) is 5.41 Å². The van der Waals surface area contributed by atoms with Gasteiger partial charge in [-0.15, -0.1) is 11.3 Å². The van der Waals surface area contributed by atoms with E-state index in [0.717, 1.165) is 126 Å². The molecule has 6 fully saturated rings. The number of anilines is 1. The van der Waals surface area contributed by atoms with Gasteiger partial charge in [-0.25, -0.2) is 10.4 Å². The number of carbonyl (C=O) groups excluding carboxylic acids is 3. The molecule has 18 heteroatoms. The van der Waals surface area contributed by atoms with Gasteiger partial charge in [-0.2, -0.15) is 0 Å². The normalized spacial score (nSPS) is 26.3. The molecular formula is C54H73N9O8S. The molecule has 5 saturated heterocycles. The number of nitrogens with zero attached hydrogens (tertiary/aromatic N) is 7. The molecule has 1 saturated carbocycles. The van der Waals surface area contributed by atoms with Crippen molar-refractivity contribution in [3.63, 3.8) is 0 Å². The smallest absolute Gasteiger partial charge is 0.324 e. The lowest BCUT2D eigenvalue weighted by Gasteiger charge is -2.39. The number of hydrogen-bond donors (Lipinski definition) is 2. The first-order valence-electron chi connectivity index (χ1n) is 26.7. The lowest BCUT2D eigenvalue weighted by atomic mass is 9.84. The molecule has 6 aliphatic heterocycles. The maximum Gasteiger partial charge on any atom is 0.324 e. The van der Waals surface area contributed by atoms with Gasteiger partial charge in [0.05, 0.1) is 67.0 Å². The molecule has 17 nitrogen and oxygen atoms in total. The summed E-state index contributed by atoms with van der Waals surface area (Å²) in [6.45, 7) is 15.4. The van der Waals surface area contributed by atoms with Crippen LogP contribution in [0.3, 0.4) is 0 Å². The average Bonchev–Trinajstić information content (AvgIpc) is 3.73. The zero-order valence-electron chi connectivity index (χ0n) is 42.6. The van der Waals surface area contributed by atoms with Gasteiger partial charge in [0.1, 0.15) is 23.2 Å². The lowest BCUT2D eigenvalue weighted by molar-refractivity contribution is -0.157. The van der Waals surface area contributed by atoms with Gasteiger partial charge in [0.2, 0.25) is 5.91 Å². The van der Waals surface area contributed by atoms with Crippen LogP contribution < -0.4 is 15.6 Å². The summed E-state index contributed by atoms with van der Waals surface area (Å²) in [5.41, 5.74) is 10.7. The van der Waals surface area contributed by atoms with Crippen LogP contribution in [-0.2, 0) is 51.0 Å². The number of cyclic esters (lactones) is 1. The van der Waals surface area contributed by atoms with Crippen molar-refractivity contribution in [3.05, 3.63) is 52.1 Å². The minimum Gasteiger partial charge on any atom is -0.464 e. The number of nitrogens with one attached hydrogen (secondary N) is 2. The van der Waals surface area contributed by atoms with E-state index in [-0.39, 0.29) is 30.6 Å². The van der Waals surface area contributed by atoms with Gasteiger partial charge in [0.15, 0.2) is 0 Å². The molecule has 2 amide bonds. The van der Waals surface area contributed by atoms with Gasteiger partial charge in [0, 0.05) is 105 Å². The SMILES string of the molecule is CO[C@@H](C)c1ncc(N2CCN(C3CC3)CC2)cc1-c1c2c3cc(ccc3n1CCOC1CCOCC1)-c1csc(n1)[C@@H](N1CCCC1)[C@H](NC(=O)C1CCO1)C(=O)N1CCC[C@H](N1)C(=O)OCC(C)(C)C2. The van der Waals surface area contributed by atoms with E-state index >= 15 is 0 Å². The number of carbonyl (C=O) groups is 3. The Labute approximate surface area is 427 Å². The second kappa shape index (κ2) is 21.4. The molecule has 0 radical (unpaired) electrons. The minimum absolute atomic E-state index is 0.131. The number of pyridine rings is 1. The number of likely N-dealkylation sites (tertiary alicyclic amines) is 1. The Bertz CT molecular complexity index is 2590. The van der Waals surface area contributed by atoms with Crippen LogP contribution >= 0.6 is 11.3 Å². The van der Waals surface area contributed by atoms with E-state index in [0.29, 0.717) is 65.2 Å². The molecule has 4 aromatic rings. The number of fused-ring (bicyclic) bond motifs is 6. The fourth-order valence-electron chi connectivity index (χ4n) is 11.7. The highest BCUT2D eigenvalue weighted by atomic mass is 32.1. The zero-order valence-corrected chi connectivity index (χ0v) is 43.4. The quantitative estimate of drug-likeness (QED) is 0.158. The van der Waals surface area contributed by atoms with Crippen LogP contribution in [0.5, 0.6) is 0 Å². The van der Waals surface area contributed by atoms with Crippen LogP contribution in [0.25, 0.3) is 33.4 Å². The highest BCUT2D eigenvalue weighted by Crippen LogP contribution is 2.44. The van der Waals surface area contributed by atoms with Crippen LogP contribution in [-0.4, -0.2) is 163 Å². The summed E-state index contributed by atoms with van der Waals surface area (Å²) in [7, 11) is 1.74. The number of rotatable bonds is 12. The first-order valence-corrected chi connectivity index (χ1v) is 27.6. The number of amides is 2. The number of hydrogen-bond acceptors (Lipinski definition) is 15. The van der Waals surface area contributed by atoms with Crippen LogP contribution in [0.15, 0.2) is 35.8 Å². The molecule has 1 aromatic carbocycles. The van der Waals surface area contributed by atoms with Gasteiger partial charge in [0.25, 0.3) is 5.91 Å².